The number of carbonyl (C=O) groups excluding carboxylic acids is 1. The molecule has 34 heavy (non-hydrogen) atoms. The number of fused-ring (bicyclic) bond motifs is 1. The molecule has 12 heteroatoms. The first-order valence-electron chi connectivity index (χ1n) is 11.1. The molecule has 3 N–H and O–H groups in total. The van der Waals surface area contributed by atoms with E-state index >= 15 is 0 Å². The van der Waals surface area contributed by atoms with Crippen LogP contribution in [-0.2, 0) is 23.9 Å². The van der Waals surface area contributed by atoms with Crippen molar-refractivity contribution in [3.05, 3.63) is 29.5 Å². The number of benzene rings is 1. The minimum absolute atomic E-state index is 0.0167. The van der Waals surface area contributed by atoms with Gasteiger partial charge in [-0.3, -0.25) is 14.1 Å². The number of anilines is 2. The van der Waals surface area contributed by atoms with E-state index in [1.54, 1.807) is 4.90 Å². The number of rotatable bonds is 7. The van der Waals surface area contributed by atoms with Gasteiger partial charge in [0.2, 0.25) is 10.0 Å². The fourth-order valence-electron chi connectivity index (χ4n) is 4.45. The van der Waals surface area contributed by atoms with Crippen molar-refractivity contribution in [2.24, 2.45) is 16.1 Å². The molecule has 4 rings (SSSR count). The lowest BCUT2D eigenvalue weighted by molar-refractivity contribution is -0.128. The molecule has 0 radical (unpaired) electrons. The van der Waals surface area contributed by atoms with E-state index in [1.807, 2.05) is 20.8 Å². The molecule has 10 nitrogen and oxygen atoms in total. The van der Waals surface area contributed by atoms with Gasteiger partial charge in [0.05, 0.1) is 23.3 Å². The number of carbonyl (C=O) groups is 1. The van der Waals surface area contributed by atoms with Crippen molar-refractivity contribution in [2.45, 2.75) is 46.1 Å². The van der Waals surface area contributed by atoms with E-state index in [-0.39, 0.29) is 34.1 Å². The van der Waals surface area contributed by atoms with Crippen molar-refractivity contribution in [3.63, 3.8) is 0 Å². The third-order valence-corrected chi connectivity index (χ3v) is 8.72. The minimum atomic E-state index is -3.86. The average Bonchev–Trinajstić information content (AvgIpc) is 3.49. The van der Waals surface area contributed by atoms with Gasteiger partial charge in [0.1, 0.15) is 11.3 Å². The molecule has 1 aromatic rings. The number of nitrogens with one attached hydrogen (secondary N) is 2. The van der Waals surface area contributed by atoms with Gasteiger partial charge in [-0.1, -0.05) is 33.6 Å². The standard InChI is InChI=1S/C22H31N4O6PS/c1-22(2,3)19-18(27)17(21(28)26(19)11-10-13-6-7-13)20-23-15-9-8-14(25-34(5,30)31)12-16(15)33(29,24-20)32-4/h8-9,12-13,19,25,27H,6-7,10-11H2,1-5H3,(H,23,24,29). The molecule has 1 fully saturated rings. The second-order valence-corrected chi connectivity index (χ2v) is 14.0. The van der Waals surface area contributed by atoms with Gasteiger partial charge in [-0.25, -0.2) is 8.42 Å². The molecule has 2 aliphatic heterocycles. The molecule has 0 spiro atoms. The fraction of sp³-hybridized carbons (Fsp3) is 0.545. The smallest absolute Gasteiger partial charge is 0.348 e. The van der Waals surface area contributed by atoms with Gasteiger partial charge in [-0.2, -0.15) is 4.76 Å². The van der Waals surface area contributed by atoms with Gasteiger partial charge in [0.25, 0.3) is 5.91 Å². The summed E-state index contributed by atoms with van der Waals surface area (Å²) in [7, 11) is -6.18. The van der Waals surface area contributed by atoms with E-state index in [4.69, 9.17) is 4.52 Å². The molecule has 186 valence electrons. The molecule has 0 bridgehead atoms. The van der Waals surface area contributed by atoms with Crippen LogP contribution in [0.4, 0.5) is 11.4 Å². The summed E-state index contributed by atoms with van der Waals surface area (Å²) in [6.45, 7) is 6.38. The largest absolute Gasteiger partial charge is 0.509 e. The Bertz CT molecular complexity index is 1250. The number of hydrogen-bond acceptors (Lipinski definition) is 7. The van der Waals surface area contributed by atoms with Crippen LogP contribution in [0.15, 0.2) is 34.3 Å². The lowest BCUT2D eigenvalue weighted by atomic mass is 9.85. The summed E-state index contributed by atoms with van der Waals surface area (Å²) in [4.78, 5) is 15.2. The number of aliphatic hydroxyl groups excluding tert-OH is 1. The van der Waals surface area contributed by atoms with Crippen LogP contribution in [0.3, 0.4) is 0 Å². The summed E-state index contributed by atoms with van der Waals surface area (Å²) in [5.41, 5.74) is 0.107. The van der Waals surface area contributed by atoms with Gasteiger partial charge in [-0.15, -0.1) is 0 Å². The summed E-state index contributed by atoms with van der Waals surface area (Å²) in [5.74, 6) is 0.110. The maximum Gasteiger partial charge on any atom is 0.348 e. The number of aliphatic hydroxyl groups is 1. The molecule has 1 saturated carbocycles. The highest BCUT2D eigenvalue weighted by Crippen LogP contribution is 2.52. The number of amides is 1. The predicted molar refractivity (Wildman–Crippen MR) is 132 cm³/mol. The van der Waals surface area contributed by atoms with Gasteiger partial charge in [0, 0.05) is 19.3 Å². The van der Waals surface area contributed by atoms with Crippen LogP contribution in [0, 0.1) is 11.3 Å². The molecule has 0 saturated heterocycles. The Hall–Kier alpha value is -2.36. The zero-order valence-corrected chi connectivity index (χ0v) is 21.7. The van der Waals surface area contributed by atoms with Crippen LogP contribution in [0.5, 0.6) is 0 Å². The molecule has 0 aromatic heterocycles. The van der Waals surface area contributed by atoms with Crippen molar-refractivity contribution in [3.8, 4) is 0 Å². The van der Waals surface area contributed by atoms with Gasteiger partial charge >= 0.3 is 7.52 Å². The highest BCUT2D eigenvalue weighted by Gasteiger charge is 2.48. The first-order chi connectivity index (χ1) is 15.7. The number of sulfonamides is 1. The van der Waals surface area contributed by atoms with Crippen molar-refractivity contribution in [2.75, 3.05) is 29.9 Å². The highest BCUT2D eigenvalue weighted by molar-refractivity contribution is 7.92. The second kappa shape index (κ2) is 8.39. The first-order valence-corrected chi connectivity index (χ1v) is 14.6. The third-order valence-electron chi connectivity index (χ3n) is 6.17. The Balaban J connectivity index is 1.74. The highest BCUT2D eigenvalue weighted by atomic mass is 32.2. The summed E-state index contributed by atoms with van der Waals surface area (Å²) >= 11 is 0. The number of hydrogen-bond donors (Lipinski definition) is 3. The summed E-state index contributed by atoms with van der Waals surface area (Å²) in [6, 6.07) is 3.88. The molecular weight excluding hydrogens is 479 g/mol. The molecule has 1 aliphatic carbocycles. The van der Waals surface area contributed by atoms with Crippen molar-refractivity contribution < 1.29 is 27.4 Å². The first kappa shape index (κ1) is 24.8. The van der Waals surface area contributed by atoms with E-state index in [9.17, 15) is 22.9 Å². The molecule has 3 aliphatic rings. The molecule has 1 aromatic carbocycles. The Labute approximate surface area is 200 Å². The SMILES string of the molecule is COP1(=O)N=C(C2=C(O)C(C(C)(C)C)N(CCC3CC3)C2=O)Nc2ccc(NS(C)(=O)=O)cc21. The van der Waals surface area contributed by atoms with Gasteiger partial charge in [-0.05, 0) is 36.0 Å². The van der Waals surface area contributed by atoms with Crippen LogP contribution in [-0.4, -0.2) is 56.1 Å². The van der Waals surface area contributed by atoms with Crippen molar-refractivity contribution in [1.82, 2.24) is 4.90 Å². The van der Waals surface area contributed by atoms with E-state index in [2.05, 4.69) is 14.8 Å². The summed E-state index contributed by atoms with van der Waals surface area (Å²) in [5, 5.41) is 14.4. The molecule has 2 atom stereocenters. The third kappa shape index (κ3) is 4.74. The average molecular weight is 511 g/mol. The van der Waals surface area contributed by atoms with Crippen LogP contribution in [0.25, 0.3) is 0 Å². The Morgan fingerprint density at radius 1 is 1.32 bits per heavy atom. The normalized spacial score (nSPS) is 25.2. The second-order valence-electron chi connectivity index (χ2n) is 10.1. The van der Waals surface area contributed by atoms with E-state index in [0.717, 1.165) is 25.5 Å². The molecule has 1 amide bonds. The zero-order chi connectivity index (χ0) is 25.1. The maximum absolute atomic E-state index is 13.6. The van der Waals surface area contributed by atoms with E-state index in [0.29, 0.717) is 18.2 Å². The molecule has 2 heterocycles. The number of nitrogens with zero attached hydrogens (tertiary/aromatic N) is 2. The monoisotopic (exact) mass is 510 g/mol. The van der Waals surface area contributed by atoms with Crippen LogP contribution in [0.2, 0.25) is 0 Å². The topological polar surface area (TPSA) is 137 Å². The Morgan fingerprint density at radius 3 is 2.56 bits per heavy atom. The van der Waals surface area contributed by atoms with Crippen LogP contribution in [0.1, 0.15) is 40.0 Å². The summed E-state index contributed by atoms with van der Waals surface area (Å²) < 4.78 is 48.7. The molecular formula is C22H31N4O6PS. The Kier molecular flexibility index (Phi) is 6.11. The predicted octanol–water partition coefficient (Wildman–Crippen LogP) is 3.22. The van der Waals surface area contributed by atoms with E-state index < -0.39 is 29.0 Å². The van der Waals surface area contributed by atoms with Crippen molar-refractivity contribution >= 4 is 46.0 Å². The van der Waals surface area contributed by atoms with Gasteiger partial charge < -0.3 is 19.8 Å². The quantitative estimate of drug-likeness (QED) is 0.479. The zero-order valence-electron chi connectivity index (χ0n) is 20.0. The minimum Gasteiger partial charge on any atom is -0.509 e. The van der Waals surface area contributed by atoms with Crippen LogP contribution >= 0.6 is 7.52 Å². The van der Waals surface area contributed by atoms with Crippen molar-refractivity contribution in [1.29, 1.82) is 0 Å². The fourth-order valence-corrected chi connectivity index (χ4v) is 6.54. The van der Waals surface area contributed by atoms with Crippen LogP contribution < -0.4 is 15.3 Å². The number of amidine groups is 1. The van der Waals surface area contributed by atoms with Gasteiger partial charge in [0.15, 0.2) is 5.84 Å². The Morgan fingerprint density at radius 2 is 2.00 bits per heavy atom. The van der Waals surface area contributed by atoms with E-state index in [1.165, 1.54) is 25.3 Å². The lowest BCUT2D eigenvalue weighted by Crippen LogP contribution is -2.44. The lowest BCUT2D eigenvalue weighted by Gasteiger charge is -2.35. The summed E-state index contributed by atoms with van der Waals surface area (Å²) in [6.07, 6.45) is 4.20. The maximum atomic E-state index is 13.6. The molecule has 2 unspecified atom stereocenters.